The Hall–Kier alpha value is -0.650. The fourth-order valence-electron chi connectivity index (χ4n) is 2.76. The Morgan fingerprint density at radius 3 is 2.50 bits per heavy atom. The van der Waals surface area contributed by atoms with Crippen LogP contribution in [0.2, 0.25) is 0 Å². The second-order valence-corrected chi connectivity index (χ2v) is 5.69. The SMILES string of the molecule is CCOCCN(C)CC1(O)CCC(C(=O)OCC)CC1. The smallest absolute Gasteiger partial charge is 0.308 e. The zero-order valence-electron chi connectivity index (χ0n) is 13.1. The summed E-state index contributed by atoms with van der Waals surface area (Å²) in [6, 6.07) is 0. The molecule has 1 rings (SSSR count). The van der Waals surface area contributed by atoms with E-state index >= 15 is 0 Å². The number of ether oxygens (including phenoxy) is 2. The molecule has 0 spiro atoms. The summed E-state index contributed by atoms with van der Waals surface area (Å²) in [7, 11) is 1.99. The first-order valence-corrected chi connectivity index (χ1v) is 7.66. The Balaban J connectivity index is 2.32. The maximum atomic E-state index is 11.7. The summed E-state index contributed by atoms with van der Waals surface area (Å²) < 4.78 is 10.4. The normalized spacial score (nSPS) is 26.8. The molecule has 0 aromatic carbocycles. The van der Waals surface area contributed by atoms with Crippen molar-refractivity contribution in [1.29, 1.82) is 0 Å². The van der Waals surface area contributed by atoms with Crippen LogP contribution < -0.4 is 0 Å². The molecule has 1 N–H and O–H groups in total. The number of esters is 1. The average Bonchev–Trinajstić information content (AvgIpc) is 2.39. The minimum atomic E-state index is -0.677. The number of rotatable bonds is 8. The molecule has 0 aromatic rings. The van der Waals surface area contributed by atoms with Crippen molar-refractivity contribution in [2.24, 2.45) is 5.92 Å². The highest BCUT2D eigenvalue weighted by Crippen LogP contribution is 2.33. The third-order valence-corrected chi connectivity index (χ3v) is 3.92. The number of aliphatic hydroxyl groups is 1. The number of carbonyl (C=O) groups excluding carboxylic acids is 1. The minimum absolute atomic E-state index is 0.0380. The molecule has 1 aliphatic rings. The molecule has 20 heavy (non-hydrogen) atoms. The van der Waals surface area contributed by atoms with Gasteiger partial charge in [-0.2, -0.15) is 0 Å². The molecule has 0 amide bonds. The van der Waals surface area contributed by atoms with Crippen molar-refractivity contribution in [2.45, 2.75) is 45.1 Å². The third-order valence-electron chi connectivity index (χ3n) is 3.92. The van der Waals surface area contributed by atoms with Gasteiger partial charge in [-0.15, -0.1) is 0 Å². The van der Waals surface area contributed by atoms with E-state index in [1.807, 2.05) is 20.9 Å². The van der Waals surface area contributed by atoms with Crippen LogP contribution in [0.5, 0.6) is 0 Å². The van der Waals surface area contributed by atoms with Gasteiger partial charge in [0.2, 0.25) is 0 Å². The molecular weight excluding hydrogens is 258 g/mol. The standard InChI is InChI=1S/C15H29NO4/c1-4-19-11-10-16(3)12-15(18)8-6-13(7-9-15)14(17)20-5-2/h13,18H,4-12H2,1-3H3. The molecule has 1 aliphatic carbocycles. The summed E-state index contributed by atoms with van der Waals surface area (Å²) in [6.45, 7) is 7.09. The van der Waals surface area contributed by atoms with E-state index in [9.17, 15) is 9.90 Å². The summed E-state index contributed by atoms with van der Waals surface area (Å²) in [5.41, 5.74) is -0.677. The largest absolute Gasteiger partial charge is 0.466 e. The van der Waals surface area contributed by atoms with Crippen LogP contribution >= 0.6 is 0 Å². The zero-order valence-corrected chi connectivity index (χ0v) is 13.1. The summed E-state index contributed by atoms with van der Waals surface area (Å²) in [4.78, 5) is 13.8. The first kappa shape index (κ1) is 17.4. The number of nitrogens with zero attached hydrogens (tertiary/aromatic N) is 1. The van der Waals surface area contributed by atoms with Gasteiger partial charge in [0.15, 0.2) is 0 Å². The van der Waals surface area contributed by atoms with Crippen LogP contribution in [-0.2, 0) is 14.3 Å². The van der Waals surface area contributed by atoms with E-state index in [2.05, 4.69) is 4.90 Å². The van der Waals surface area contributed by atoms with Crippen LogP contribution in [-0.4, -0.2) is 61.5 Å². The molecule has 5 nitrogen and oxygen atoms in total. The van der Waals surface area contributed by atoms with Gasteiger partial charge in [0, 0.05) is 19.7 Å². The lowest BCUT2D eigenvalue weighted by Crippen LogP contribution is -2.46. The number of hydrogen-bond acceptors (Lipinski definition) is 5. The molecule has 0 aromatic heterocycles. The van der Waals surface area contributed by atoms with Gasteiger partial charge < -0.3 is 19.5 Å². The lowest BCUT2D eigenvalue weighted by Gasteiger charge is -2.37. The monoisotopic (exact) mass is 287 g/mol. The number of hydrogen-bond donors (Lipinski definition) is 1. The topological polar surface area (TPSA) is 59.0 Å². The van der Waals surface area contributed by atoms with Gasteiger partial charge in [-0.3, -0.25) is 4.79 Å². The second kappa shape index (κ2) is 8.60. The van der Waals surface area contributed by atoms with Gasteiger partial charge in [-0.25, -0.2) is 0 Å². The summed E-state index contributed by atoms with van der Waals surface area (Å²) in [5, 5.41) is 10.6. The molecular formula is C15H29NO4. The van der Waals surface area contributed by atoms with Crippen molar-refractivity contribution >= 4 is 5.97 Å². The quantitative estimate of drug-likeness (QED) is 0.541. The Labute approximate surface area is 122 Å². The molecule has 0 radical (unpaired) electrons. The van der Waals surface area contributed by atoms with Crippen molar-refractivity contribution in [3.05, 3.63) is 0 Å². The Morgan fingerprint density at radius 2 is 1.95 bits per heavy atom. The highest BCUT2D eigenvalue weighted by molar-refractivity contribution is 5.72. The van der Waals surface area contributed by atoms with Crippen LogP contribution in [0.1, 0.15) is 39.5 Å². The fourth-order valence-corrected chi connectivity index (χ4v) is 2.76. The number of carbonyl (C=O) groups is 1. The van der Waals surface area contributed by atoms with Crippen LogP contribution in [0.25, 0.3) is 0 Å². The second-order valence-electron chi connectivity index (χ2n) is 5.69. The molecule has 1 fully saturated rings. The third kappa shape index (κ3) is 5.77. The average molecular weight is 287 g/mol. The molecule has 5 heteroatoms. The molecule has 0 unspecified atom stereocenters. The van der Waals surface area contributed by atoms with Crippen LogP contribution in [0.15, 0.2) is 0 Å². The first-order chi connectivity index (χ1) is 9.50. The van der Waals surface area contributed by atoms with Gasteiger partial charge in [0.25, 0.3) is 0 Å². The van der Waals surface area contributed by atoms with Crippen molar-refractivity contribution in [3.8, 4) is 0 Å². The van der Waals surface area contributed by atoms with Gasteiger partial charge >= 0.3 is 5.97 Å². The fraction of sp³-hybridized carbons (Fsp3) is 0.933. The van der Waals surface area contributed by atoms with Gasteiger partial charge in [0.1, 0.15) is 0 Å². The molecule has 1 saturated carbocycles. The predicted molar refractivity (Wildman–Crippen MR) is 77.5 cm³/mol. The van der Waals surface area contributed by atoms with Gasteiger partial charge in [-0.05, 0) is 46.6 Å². The Morgan fingerprint density at radius 1 is 1.30 bits per heavy atom. The first-order valence-electron chi connectivity index (χ1n) is 7.66. The molecule has 0 aliphatic heterocycles. The van der Waals surface area contributed by atoms with Crippen molar-refractivity contribution < 1.29 is 19.4 Å². The Kier molecular flexibility index (Phi) is 7.48. The van der Waals surface area contributed by atoms with Crippen molar-refractivity contribution in [1.82, 2.24) is 4.90 Å². The van der Waals surface area contributed by atoms with Gasteiger partial charge in [-0.1, -0.05) is 0 Å². The van der Waals surface area contributed by atoms with Gasteiger partial charge in [0.05, 0.1) is 24.7 Å². The van der Waals surface area contributed by atoms with Crippen LogP contribution in [0.4, 0.5) is 0 Å². The van der Waals surface area contributed by atoms with Crippen LogP contribution in [0.3, 0.4) is 0 Å². The molecule has 0 saturated heterocycles. The van der Waals surface area contributed by atoms with E-state index in [1.54, 1.807) is 0 Å². The molecule has 0 bridgehead atoms. The number of likely N-dealkylation sites (N-methyl/N-ethyl adjacent to an activating group) is 1. The van der Waals surface area contributed by atoms with E-state index < -0.39 is 5.60 Å². The highest BCUT2D eigenvalue weighted by atomic mass is 16.5. The van der Waals surface area contributed by atoms with E-state index in [4.69, 9.17) is 9.47 Å². The Bertz CT molecular complexity index is 288. The lowest BCUT2D eigenvalue weighted by molar-refractivity contribution is -0.151. The highest BCUT2D eigenvalue weighted by Gasteiger charge is 2.36. The van der Waals surface area contributed by atoms with E-state index in [-0.39, 0.29) is 11.9 Å². The van der Waals surface area contributed by atoms with Crippen molar-refractivity contribution in [2.75, 3.05) is 40.0 Å². The van der Waals surface area contributed by atoms with Crippen LogP contribution in [0, 0.1) is 5.92 Å². The minimum Gasteiger partial charge on any atom is -0.466 e. The molecule has 118 valence electrons. The summed E-state index contributed by atoms with van der Waals surface area (Å²) >= 11 is 0. The van der Waals surface area contributed by atoms with E-state index in [0.29, 0.717) is 45.4 Å². The maximum absolute atomic E-state index is 11.7. The molecule has 0 atom stereocenters. The molecule has 0 heterocycles. The zero-order chi connectivity index (χ0) is 15.0. The maximum Gasteiger partial charge on any atom is 0.308 e. The van der Waals surface area contributed by atoms with E-state index in [0.717, 1.165) is 13.2 Å². The summed E-state index contributed by atoms with van der Waals surface area (Å²) in [6.07, 6.45) is 2.76. The van der Waals surface area contributed by atoms with Crippen molar-refractivity contribution in [3.63, 3.8) is 0 Å². The van der Waals surface area contributed by atoms with E-state index in [1.165, 1.54) is 0 Å². The lowest BCUT2D eigenvalue weighted by atomic mass is 9.78. The predicted octanol–water partition coefficient (Wildman–Crippen LogP) is 1.44. The summed E-state index contributed by atoms with van der Waals surface area (Å²) in [5.74, 6) is -0.150.